The average Bonchev–Trinajstić information content (AvgIpc) is 2.78. The second-order valence-electron chi connectivity index (χ2n) is 4.30. The molecule has 0 atom stereocenters. The Morgan fingerprint density at radius 3 is 2.60 bits per heavy atom. The molecule has 0 saturated heterocycles. The number of carbonyl (C=O) groups is 1. The molecular weight excluding hydrogens is 292 g/mol. The van der Waals surface area contributed by atoms with E-state index in [1.807, 2.05) is 42.5 Å². The molecule has 0 spiro atoms. The molecule has 0 aliphatic heterocycles. The molecule has 3 N–H and O–H groups in total. The van der Waals surface area contributed by atoms with E-state index in [9.17, 15) is 4.79 Å². The number of carbonyl (C=O) groups excluding carboxylic acids is 1. The monoisotopic (exact) mass is 302 g/mol. The van der Waals surface area contributed by atoms with E-state index in [0.717, 1.165) is 20.7 Å². The number of rotatable bonds is 3. The molecule has 3 aromatic rings. The first kappa shape index (κ1) is 13.1. The minimum absolute atomic E-state index is 0.413. The lowest BCUT2D eigenvalue weighted by atomic mass is 10.2. The van der Waals surface area contributed by atoms with E-state index in [0.29, 0.717) is 10.7 Å². The number of aromatic nitrogens is 1. The molecule has 20 heavy (non-hydrogen) atoms. The quantitative estimate of drug-likeness (QED) is 0.766. The molecule has 0 unspecified atom stereocenters. The lowest BCUT2D eigenvalue weighted by molar-refractivity contribution is 0.0993. The van der Waals surface area contributed by atoms with Crippen LogP contribution in [0.4, 0.5) is 0 Å². The van der Waals surface area contributed by atoms with Gasteiger partial charge in [-0.25, -0.2) is 0 Å². The summed E-state index contributed by atoms with van der Waals surface area (Å²) in [6.45, 7) is 0. The number of primary amides is 1. The second kappa shape index (κ2) is 5.23. The summed E-state index contributed by atoms with van der Waals surface area (Å²) in [5.74, 6) is -0.476. The third-order valence-corrected chi connectivity index (χ3v) is 4.29. The van der Waals surface area contributed by atoms with Crippen LogP contribution in [0.5, 0.6) is 0 Å². The molecule has 1 amide bonds. The maximum Gasteiger partial charge on any atom is 0.266 e. The van der Waals surface area contributed by atoms with Crippen molar-refractivity contribution in [2.75, 3.05) is 0 Å². The number of nitrogens with one attached hydrogen (secondary N) is 1. The van der Waals surface area contributed by atoms with Crippen LogP contribution in [0.3, 0.4) is 0 Å². The van der Waals surface area contributed by atoms with Crippen molar-refractivity contribution in [1.82, 2.24) is 4.98 Å². The summed E-state index contributed by atoms with van der Waals surface area (Å²) in [7, 11) is 0. The normalized spacial score (nSPS) is 10.8. The molecule has 0 radical (unpaired) electrons. The van der Waals surface area contributed by atoms with Gasteiger partial charge in [-0.2, -0.15) is 0 Å². The lowest BCUT2D eigenvalue weighted by Gasteiger charge is -2.02. The molecule has 1 heterocycles. The van der Waals surface area contributed by atoms with Crippen LogP contribution in [0.2, 0.25) is 5.02 Å². The highest BCUT2D eigenvalue weighted by Gasteiger charge is 2.17. The van der Waals surface area contributed by atoms with E-state index >= 15 is 0 Å². The van der Waals surface area contributed by atoms with Gasteiger partial charge in [0.15, 0.2) is 0 Å². The van der Waals surface area contributed by atoms with Crippen molar-refractivity contribution in [2.24, 2.45) is 5.73 Å². The van der Waals surface area contributed by atoms with Gasteiger partial charge in [-0.3, -0.25) is 4.79 Å². The summed E-state index contributed by atoms with van der Waals surface area (Å²) >= 11 is 7.54. The average molecular weight is 303 g/mol. The molecule has 2 aromatic carbocycles. The number of fused-ring (bicyclic) bond motifs is 1. The summed E-state index contributed by atoms with van der Waals surface area (Å²) in [5, 5.41) is 1.53. The fraction of sp³-hybridized carbons (Fsp3) is 0. The third kappa shape index (κ3) is 2.40. The Morgan fingerprint density at radius 1 is 1.15 bits per heavy atom. The Bertz CT molecular complexity index is 783. The standard InChI is InChI=1S/C15H11ClN2OS/c16-9-6-7-12-11(8-9)14(13(18-12)15(17)19)20-10-4-2-1-3-5-10/h1-8,18H,(H2,17,19). The molecule has 3 nitrogen and oxygen atoms in total. The Morgan fingerprint density at radius 2 is 1.90 bits per heavy atom. The third-order valence-electron chi connectivity index (χ3n) is 2.92. The molecule has 0 bridgehead atoms. The van der Waals surface area contributed by atoms with Gasteiger partial charge in [0, 0.05) is 20.8 Å². The largest absolute Gasteiger partial charge is 0.364 e. The van der Waals surface area contributed by atoms with E-state index in [2.05, 4.69) is 4.98 Å². The number of H-pyrrole nitrogens is 1. The van der Waals surface area contributed by atoms with Gasteiger partial charge in [-0.1, -0.05) is 41.6 Å². The highest BCUT2D eigenvalue weighted by molar-refractivity contribution is 7.99. The van der Waals surface area contributed by atoms with Gasteiger partial charge in [0.2, 0.25) is 0 Å². The summed E-state index contributed by atoms with van der Waals surface area (Å²) < 4.78 is 0. The van der Waals surface area contributed by atoms with Gasteiger partial charge in [0.05, 0.1) is 4.90 Å². The van der Waals surface area contributed by atoms with Crippen molar-refractivity contribution in [3.05, 3.63) is 59.2 Å². The Labute approximate surface area is 125 Å². The van der Waals surface area contributed by atoms with Crippen LogP contribution in [0, 0.1) is 0 Å². The second-order valence-corrected chi connectivity index (χ2v) is 5.82. The van der Waals surface area contributed by atoms with E-state index in [1.165, 1.54) is 11.8 Å². The van der Waals surface area contributed by atoms with Crippen LogP contribution in [-0.2, 0) is 0 Å². The van der Waals surface area contributed by atoms with Crippen molar-refractivity contribution in [3.63, 3.8) is 0 Å². The Kier molecular flexibility index (Phi) is 3.42. The van der Waals surface area contributed by atoms with Gasteiger partial charge < -0.3 is 10.7 Å². The van der Waals surface area contributed by atoms with Crippen LogP contribution in [0.15, 0.2) is 58.3 Å². The molecule has 1 aromatic heterocycles. The highest BCUT2D eigenvalue weighted by atomic mass is 35.5. The predicted octanol–water partition coefficient (Wildman–Crippen LogP) is 4.07. The fourth-order valence-corrected chi connectivity index (χ4v) is 3.26. The number of hydrogen-bond donors (Lipinski definition) is 2. The molecule has 0 fully saturated rings. The summed E-state index contributed by atoms with van der Waals surface area (Å²) in [4.78, 5) is 16.5. The number of benzene rings is 2. The number of aromatic amines is 1. The van der Waals surface area contributed by atoms with Crippen LogP contribution in [0.1, 0.15) is 10.5 Å². The van der Waals surface area contributed by atoms with Crippen LogP contribution in [-0.4, -0.2) is 10.9 Å². The molecule has 0 aliphatic rings. The lowest BCUT2D eigenvalue weighted by Crippen LogP contribution is -2.12. The zero-order chi connectivity index (χ0) is 14.1. The van der Waals surface area contributed by atoms with E-state index in [-0.39, 0.29) is 0 Å². The van der Waals surface area contributed by atoms with Crippen molar-refractivity contribution in [3.8, 4) is 0 Å². The minimum atomic E-state index is -0.476. The van der Waals surface area contributed by atoms with Gasteiger partial charge in [0.25, 0.3) is 5.91 Å². The van der Waals surface area contributed by atoms with Gasteiger partial charge in [-0.15, -0.1) is 0 Å². The smallest absolute Gasteiger partial charge is 0.266 e. The zero-order valence-electron chi connectivity index (χ0n) is 10.4. The van der Waals surface area contributed by atoms with Crippen molar-refractivity contribution in [1.29, 1.82) is 0 Å². The first-order chi connectivity index (χ1) is 9.65. The predicted molar refractivity (Wildman–Crippen MR) is 82.4 cm³/mol. The van der Waals surface area contributed by atoms with E-state index in [1.54, 1.807) is 6.07 Å². The van der Waals surface area contributed by atoms with Crippen molar-refractivity contribution in [2.45, 2.75) is 9.79 Å². The van der Waals surface area contributed by atoms with Crippen molar-refractivity contribution >= 4 is 40.2 Å². The van der Waals surface area contributed by atoms with E-state index in [4.69, 9.17) is 17.3 Å². The molecular formula is C15H11ClN2OS. The molecule has 3 rings (SSSR count). The van der Waals surface area contributed by atoms with Crippen LogP contribution in [0.25, 0.3) is 10.9 Å². The molecule has 0 aliphatic carbocycles. The SMILES string of the molecule is NC(=O)c1[nH]c2ccc(Cl)cc2c1Sc1ccccc1. The van der Waals surface area contributed by atoms with E-state index < -0.39 is 5.91 Å². The topological polar surface area (TPSA) is 58.9 Å². The first-order valence-corrected chi connectivity index (χ1v) is 7.18. The summed E-state index contributed by atoms with van der Waals surface area (Å²) in [6, 6.07) is 15.3. The fourth-order valence-electron chi connectivity index (χ4n) is 2.03. The van der Waals surface area contributed by atoms with Crippen molar-refractivity contribution < 1.29 is 4.79 Å². The Hall–Kier alpha value is -1.91. The highest BCUT2D eigenvalue weighted by Crippen LogP contribution is 2.37. The number of halogens is 1. The number of hydrogen-bond acceptors (Lipinski definition) is 2. The summed E-state index contributed by atoms with van der Waals surface area (Å²) in [5.41, 5.74) is 6.72. The van der Waals surface area contributed by atoms with Gasteiger partial charge in [-0.05, 0) is 30.3 Å². The molecule has 100 valence electrons. The van der Waals surface area contributed by atoms with Crippen LogP contribution < -0.4 is 5.73 Å². The van der Waals surface area contributed by atoms with Gasteiger partial charge in [0.1, 0.15) is 5.69 Å². The summed E-state index contributed by atoms with van der Waals surface area (Å²) in [6.07, 6.45) is 0. The molecule has 0 saturated carbocycles. The maximum atomic E-state index is 11.6. The number of nitrogens with two attached hydrogens (primary N) is 1. The van der Waals surface area contributed by atoms with Crippen LogP contribution >= 0.6 is 23.4 Å². The zero-order valence-corrected chi connectivity index (χ0v) is 12.0. The minimum Gasteiger partial charge on any atom is -0.364 e. The number of amides is 1. The van der Waals surface area contributed by atoms with Gasteiger partial charge >= 0.3 is 0 Å². The first-order valence-electron chi connectivity index (χ1n) is 5.99. The maximum absolute atomic E-state index is 11.6. The Balaban J connectivity index is 2.18. The molecule has 5 heteroatoms.